The summed E-state index contributed by atoms with van der Waals surface area (Å²) in [6.07, 6.45) is -1.30. The van der Waals surface area contributed by atoms with Gasteiger partial charge in [0.05, 0.1) is 12.4 Å². The molecule has 0 aromatic rings. The minimum atomic E-state index is -1.39. The van der Waals surface area contributed by atoms with Crippen molar-refractivity contribution < 1.29 is 44.1 Å². The molecular weight excluding hydrogens is 398 g/mol. The van der Waals surface area contributed by atoms with Crippen molar-refractivity contribution in [2.24, 2.45) is 0 Å². The van der Waals surface area contributed by atoms with E-state index in [1.807, 2.05) is 0 Å². The number of nitrogens with one attached hydrogen (secondary N) is 3. The Morgan fingerprint density at radius 2 is 1.32 bits per heavy atom. The van der Waals surface area contributed by atoms with Gasteiger partial charge in [-0.1, -0.05) is 0 Å². The molecule has 12 nitrogen and oxygen atoms in total. The number of aliphatic carboxylic acids is 2. The van der Waals surface area contributed by atoms with Crippen molar-refractivity contribution in [3.63, 3.8) is 0 Å². The molecule has 6 N–H and O–H groups in total. The van der Waals surface area contributed by atoms with Crippen molar-refractivity contribution in [1.29, 1.82) is 0 Å². The van der Waals surface area contributed by atoms with Crippen LogP contribution in [-0.4, -0.2) is 81.8 Å². The van der Waals surface area contributed by atoms with Gasteiger partial charge in [0, 0.05) is 12.8 Å². The average molecular weight is 421 g/mol. The second-order valence-electron chi connectivity index (χ2n) is 5.64. The lowest BCUT2D eigenvalue weighted by Gasteiger charge is -2.23. The van der Waals surface area contributed by atoms with Crippen LogP contribution in [0.25, 0.3) is 0 Å². The first-order chi connectivity index (χ1) is 13.1. The molecule has 158 valence electrons. The van der Waals surface area contributed by atoms with E-state index in [2.05, 4.69) is 28.6 Å². The van der Waals surface area contributed by atoms with Gasteiger partial charge in [0.1, 0.15) is 24.4 Å². The van der Waals surface area contributed by atoms with Crippen molar-refractivity contribution in [3.8, 4) is 0 Å². The number of aliphatic hydroxyl groups is 1. The smallest absolute Gasteiger partial charge is 0.303 e. The zero-order chi connectivity index (χ0) is 21.7. The van der Waals surface area contributed by atoms with E-state index >= 15 is 0 Å². The van der Waals surface area contributed by atoms with Crippen LogP contribution in [0.4, 0.5) is 0 Å². The molecule has 0 unspecified atom stereocenters. The molecule has 0 aliphatic heterocycles. The molecule has 0 aliphatic rings. The van der Waals surface area contributed by atoms with Crippen LogP contribution < -0.4 is 16.0 Å². The van der Waals surface area contributed by atoms with Crippen LogP contribution in [0.15, 0.2) is 0 Å². The average Bonchev–Trinajstić information content (AvgIpc) is 2.65. The summed E-state index contributed by atoms with van der Waals surface area (Å²) in [6.45, 7) is -0.700. The molecule has 13 heteroatoms. The topological polar surface area (TPSA) is 199 Å². The molecule has 0 spiro atoms. The predicted octanol–water partition coefficient (Wildman–Crippen LogP) is -2.71. The summed E-state index contributed by atoms with van der Waals surface area (Å²) in [5.41, 5.74) is 0. The fourth-order valence-corrected chi connectivity index (χ4v) is 2.08. The number of carboxylic acid groups (broad SMARTS) is 2. The summed E-state index contributed by atoms with van der Waals surface area (Å²) in [4.78, 5) is 68.3. The molecule has 0 aromatic carbocycles. The SMILES string of the molecule is O=C[C@H](CO)NC(=O)[C@H](CCC(=O)O)NC(=O)[C@H](CCC(=O)O)NC(=O)CS. The van der Waals surface area contributed by atoms with E-state index in [4.69, 9.17) is 15.3 Å². The molecular formula is C15H23N3O9S. The van der Waals surface area contributed by atoms with Crippen molar-refractivity contribution >= 4 is 48.6 Å². The van der Waals surface area contributed by atoms with Gasteiger partial charge in [-0.2, -0.15) is 12.6 Å². The number of rotatable bonds is 14. The van der Waals surface area contributed by atoms with Gasteiger partial charge < -0.3 is 36.1 Å². The zero-order valence-corrected chi connectivity index (χ0v) is 15.7. The number of amides is 3. The summed E-state index contributed by atoms with van der Waals surface area (Å²) in [6, 6.07) is -3.93. The Hall–Kier alpha value is -2.67. The summed E-state index contributed by atoms with van der Waals surface area (Å²) >= 11 is 3.74. The molecule has 3 atom stereocenters. The lowest BCUT2D eigenvalue weighted by Crippen LogP contribution is -2.55. The first-order valence-corrected chi connectivity index (χ1v) is 8.78. The van der Waals surface area contributed by atoms with Crippen molar-refractivity contribution in [1.82, 2.24) is 16.0 Å². The van der Waals surface area contributed by atoms with Crippen LogP contribution in [0.2, 0.25) is 0 Å². The van der Waals surface area contributed by atoms with Gasteiger partial charge >= 0.3 is 11.9 Å². The number of carboxylic acids is 2. The maximum atomic E-state index is 12.4. The summed E-state index contributed by atoms with van der Waals surface area (Å²) in [7, 11) is 0. The van der Waals surface area contributed by atoms with Crippen molar-refractivity contribution in [2.45, 2.75) is 43.8 Å². The normalized spacial score (nSPS) is 13.5. The molecule has 0 bridgehead atoms. The zero-order valence-electron chi connectivity index (χ0n) is 14.8. The molecule has 0 saturated heterocycles. The number of hydrogen-bond acceptors (Lipinski definition) is 8. The predicted molar refractivity (Wildman–Crippen MR) is 96.5 cm³/mol. The Morgan fingerprint density at radius 1 is 0.857 bits per heavy atom. The van der Waals surface area contributed by atoms with Crippen molar-refractivity contribution in [2.75, 3.05) is 12.4 Å². The number of hydrogen-bond donors (Lipinski definition) is 7. The number of aldehydes is 1. The highest BCUT2D eigenvalue weighted by molar-refractivity contribution is 7.81. The van der Waals surface area contributed by atoms with Gasteiger partial charge in [-0.25, -0.2) is 0 Å². The molecule has 0 rings (SSSR count). The van der Waals surface area contributed by atoms with E-state index in [9.17, 15) is 28.8 Å². The molecule has 0 aliphatic carbocycles. The highest BCUT2D eigenvalue weighted by Gasteiger charge is 2.28. The van der Waals surface area contributed by atoms with Gasteiger partial charge in [-0.3, -0.25) is 24.0 Å². The molecule has 0 aromatic heterocycles. The Balaban J connectivity index is 5.27. The van der Waals surface area contributed by atoms with Crippen molar-refractivity contribution in [3.05, 3.63) is 0 Å². The Morgan fingerprint density at radius 3 is 1.71 bits per heavy atom. The minimum Gasteiger partial charge on any atom is -0.481 e. The van der Waals surface area contributed by atoms with Gasteiger partial charge in [-0.15, -0.1) is 0 Å². The lowest BCUT2D eigenvalue weighted by atomic mass is 10.1. The molecule has 3 amide bonds. The minimum absolute atomic E-state index is 0.260. The second kappa shape index (κ2) is 13.5. The van der Waals surface area contributed by atoms with Crippen LogP contribution in [0.5, 0.6) is 0 Å². The molecule has 0 heterocycles. The van der Waals surface area contributed by atoms with E-state index in [0.29, 0.717) is 0 Å². The van der Waals surface area contributed by atoms with Crippen LogP contribution in [0.1, 0.15) is 25.7 Å². The summed E-state index contributed by atoms with van der Waals surface area (Å²) in [5, 5.41) is 33.1. The van der Waals surface area contributed by atoms with Crippen LogP contribution in [0.3, 0.4) is 0 Å². The van der Waals surface area contributed by atoms with Crippen LogP contribution in [-0.2, 0) is 28.8 Å². The first-order valence-electron chi connectivity index (χ1n) is 8.15. The fourth-order valence-electron chi connectivity index (χ4n) is 1.99. The molecule has 0 radical (unpaired) electrons. The quantitative estimate of drug-likeness (QED) is 0.115. The third-order valence-corrected chi connectivity index (χ3v) is 3.70. The number of carbonyl (C=O) groups excluding carboxylic acids is 4. The van der Waals surface area contributed by atoms with E-state index in [1.54, 1.807) is 0 Å². The molecule has 0 saturated carbocycles. The number of aliphatic hydroxyl groups excluding tert-OH is 1. The van der Waals surface area contributed by atoms with E-state index in [0.717, 1.165) is 0 Å². The highest BCUT2D eigenvalue weighted by Crippen LogP contribution is 2.04. The third-order valence-electron chi connectivity index (χ3n) is 3.41. The highest BCUT2D eigenvalue weighted by atomic mass is 32.1. The Kier molecular flexibility index (Phi) is 12.2. The standard InChI is InChI=1S/C15H23N3O9S/c19-5-8(6-20)16-14(26)10(2-4-13(24)25)18-15(27)9(1-3-12(22)23)17-11(21)7-28/h5,8-10,20,28H,1-4,6-7H2,(H,16,26)(H,17,21)(H,18,27)(H,22,23)(H,24,25)/t8-,9+,10+/m1/s1. The van der Waals surface area contributed by atoms with E-state index in [1.165, 1.54) is 0 Å². The third kappa shape index (κ3) is 10.5. The maximum absolute atomic E-state index is 12.4. The number of carbonyl (C=O) groups is 6. The Labute approximate surface area is 165 Å². The van der Waals surface area contributed by atoms with Crippen LogP contribution in [0, 0.1) is 0 Å². The summed E-state index contributed by atoms with van der Waals surface area (Å²) < 4.78 is 0. The monoisotopic (exact) mass is 421 g/mol. The van der Waals surface area contributed by atoms with Gasteiger partial charge in [0.15, 0.2) is 0 Å². The number of thiol groups is 1. The first kappa shape index (κ1) is 25.3. The summed E-state index contributed by atoms with van der Waals surface area (Å²) in [5.74, 6) is -5.20. The molecule has 28 heavy (non-hydrogen) atoms. The maximum Gasteiger partial charge on any atom is 0.303 e. The second-order valence-corrected chi connectivity index (χ2v) is 5.95. The fraction of sp³-hybridized carbons (Fsp3) is 0.600. The van der Waals surface area contributed by atoms with Gasteiger partial charge in [0.2, 0.25) is 17.7 Å². The van der Waals surface area contributed by atoms with E-state index in [-0.39, 0.29) is 24.9 Å². The Bertz CT molecular complexity index is 599. The van der Waals surface area contributed by atoms with Gasteiger partial charge in [-0.05, 0) is 12.8 Å². The van der Waals surface area contributed by atoms with Gasteiger partial charge in [0.25, 0.3) is 0 Å². The largest absolute Gasteiger partial charge is 0.481 e. The van der Waals surface area contributed by atoms with Crippen LogP contribution >= 0.6 is 12.6 Å². The molecule has 0 fully saturated rings. The lowest BCUT2D eigenvalue weighted by molar-refractivity contribution is -0.139. The van der Waals surface area contributed by atoms with E-state index < -0.39 is 67.2 Å².